The molecule has 2 aromatic rings. The van der Waals surface area contributed by atoms with Gasteiger partial charge in [0.2, 0.25) is 0 Å². The van der Waals surface area contributed by atoms with Gasteiger partial charge in [-0.15, -0.1) is 0 Å². The van der Waals surface area contributed by atoms with Crippen LogP contribution in [0.15, 0.2) is 47.1 Å². The topological polar surface area (TPSA) is 42.1 Å². The number of aryl methyl sites for hydroxylation is 1. The second-order valence-corrected chi connectivity index (χ2v) is 5.87. The number of rotatable bonds is 5. The summed E-state index contributed by atoms with van der Waals surface area (Å²) in [5.41, 5.74) is 7.85. The van der Waals surface area contributed by atoms with E-state index >= 15 is 0 Å². The van der Waals surface area contributed by atoms with Gasteiger partial charge in [0.15, 0.2) is 0 Å². The Morgan fingerprint density at radius 1 is 1.35 bits per heavy atom. The number of aromatic nitrogens is 1. The van der Waals surface area contributed by atoms with Crippen LogP contribution in [0.2, 0.25) is 0 Å². The molecule has 0 aliphatic carbocycles. The average molecular weight is 350 g/mol. The molecule has 0 saturated heterocycles. The summed E-state index contributed by atoms with van der Waals surface area (Å²) in [6, 6.07) is 12.2. The number of benzene rings is 1. The third kappa shape index (κ3) is 3.77. The van der Waals surface area contributed by atoms with Gasteiger partial charge < -0.3 is 10.6 Å². The van der Waals surface area contributed by atoms with Gasteiger partial charge in [0.1, 0.15) is 5.82 Å². The monoisotopic (exact) mass is 349 g/mol. The Labute approximate surface area is 132 Å². The van der Waals surface area contributed by atoms with Gasteiger partial charge in [0.25, 0.3) is 0 Å². The summed E-state index contributed by atoms with van der Waals surface area (Å²) in [5.74, 6) is 0.896. The predicted molar refractivity (Wildman–Crippen MR) is 91.5 cm³/mol. The molecule has 0 atom stereocenters. The zero-order valence-corrected chi connectivity index (χ0v) is 13.6. The Hall–Kier alpha value is -1.46. The first-order valence-electron chi connectivity index (χ1n) is 6.31. The molecule has 0 unspecified atom stereocenters. The molecule has 1 heterocycles. The first-order valence-corrected chi connectivity index (χ1v) is 7.51. The van der Waals surface area contributed by atoms with E-state index in [1.54, 1.807) is 0 Å². The number of para-hydroxylation sites is 1. The zero-order valence-electron chi connectivity index (χ0n) is 11.2. The molecule has 0 radical (unpaired) electrons. The number of halogens is 1. The van der Waals surface area contributed by atoms with Crippen molar-refractivity contribution < 1.29 is 0 Å². The quantitative estimate of drug-likeness (QED) is 0.829. The van der Waals surface area contributed by atoms with Crippen molar-refractivity contribution in [3.05, 3.63) is 52.6 Å². The van der Waals surface area contributed by atoms with Crippen LogP contribution in [0, 0.1) is 6.92 Å². The third-order valence-corrected chi connectivity index (χ3v) is 3.99. The zero-order chi connectivity index (χ0) is 14.5. The Morgan fingerprint density at radius 3 is 2.65 bits per heavy atom. The minimum atomic E-state index is 0.514. The van der Waals surface area contributed by atoms with Gasteiger partial charge in [0, 0.05) is 29.3 Å². The highest BCUT2D eigenvalue weighted by molar-refractivity contribution is 9.10. The number of nitrogens with two attached hydrogens (primary N) is 1. The van der Waals surface area contributed by atoms with Crippen molar-refractivity contribution in [1.82, 2.24) is 4.98 Å². The van der Waals surface area contributed by atoms with E-state index in [0.29, 0.717) is 18.0 Å². The van der Waals surface area contributed by atoms with Crippen LogP contribution in [0.1, 0.15) is 12.0 Å². The van der Waals surface area contributed by atoms with Gasteiger partial charge in [-0.25, -0.2) is 4.98 Å². The lowest BCUT2D eigenvalue weighted by Crippen LogP contribution is -2.23. The number of pyridine rings is 1. The maximum atomic E-state index is 5.63. The fraction of sp³-hybridized carbons (Fsp3) is 0.200. The Balaban J connectivity index is 2.35. The number of hydrogen-bond acceptors (Lipinski definition) is 3. The van der Waals surface area contributed by atoms with Crippen LogP contribution in [0.25, 0.3) is 0 Å². The third-order valence-electron chi connectivity index (χ3n) is 2.96. The standard InChI is InChI=1S/C15H16BrN3S/c1-11-9-15(18-10-13(11)16)19(8-7-14(17)20)12-5-3-2-4-6-12/h2-6,9-10H,7-8H2,1H3,(H2,17,20). The van der Waals surface area contributed by atoms with E-state index < -0.39 is 0 Å². The number of nitrogens with zero attached hydrogens (tertiary/aromatic N) is 2. The smallest absolute Gasteiger partial charge is 0.133 e. The van der Waals surface area contributed by atoms with Crippen molar-refractivity contribution in [2.75, 3.05) is 11.4 Å². The highest BCUT2D eigenvalue weighted by atomic mass is 79.9. The first-order chi connectivity index (χ1) is 9.58. The van der Waals surface area contributed by atoms with Crippen LogP contribution in [0.4, 0.5) is 11.5 Å². The lowest BCUT2D eigenvalue weighted by molar-refractivity contribution is 0.940. The molecule has 20 heavy (non-hydrogen) atoms. The summed E-state index contributed by atoms with van der Waals surface area (Å²) < 4.78 is 1.00. The van der Waals surface area contributed by atoms with E-state index in [4.69, 9.17) is 18.0 Å². The van der Waals surface area contributed by atoms with E-state index in [1.165, 1.54) is 0 Å². The van der Waals surface area contributed by atoms with Gasteiger partial charge in [-0.2, -0.15) is 0 Å². The molecule has 5 heteroatoms. The normalized spacial score (nSPS) is 10.3. The number of anilines is 2. The van der Waals surface area contributed by atoms with Crippen LogP contribution in [0.5, 0.6) is 0 Å². The molecule has 2 rings (SSSR count). The van der Waals surface area contributed by atoms with Gasteiger partial charge in [0.05, 0.1) is 4.99 Å². The van der Waals surface area contributed by atoms with Gasteiger partial charge in [-0.1, -0.05) is 30.4 Å². The summed E-state index contributed by atoms with van der Waals surface area (Å²) in [5, 5.41) is 0. The Kier molecular flexibility index (Phi) is 5.09. The second kappa shape index (κ2) is 6.81. The molecule has 3 nitrogen and oxygen atoms in total. The lowest BCUT2D eigenvalue weighted by Gasteiger charge is -2.24. The molecule has 0 fully saturated rings. The van der Waals surface area contributed by atoms with Crippen molar-refractivity contribution in [2.45, 2.75) is 13.3 Å². The first kappa shape index (κ1) is 14.9. The molecular weight excluding hydrogens is 334 g/mol. The minimum Gasteiger partial charge on any atom is -0.393 e. The maximum absolute atomic E-state index is 5.63. The molecule has 0 bridgehead atoms. The van der Waals surface area contributed by atoms with Crippen LogP contribution in [-0.4, -0.2) is 16.5 Å². The van der Waals surface area contributed by atoms with Crippen LogP contribution < -0.4 is 10.6 Å². The fourth-order valence-electron chi connectivity index (χ4n) is 1.88. The molecule has 0 amide bonds. The van der Waals surface area contributed by atoms with Crippen molar-refractivity contribution in [3.63, 3.8) is 0 Å². The van der Waals surface area contributed by atoms with Crippen LogP contribution in [-0.2, 0) is 0 Å². The molecular formula is C15H16BrN3S. The molecule has 1 aromatic carbocycles. The molecule has 1 aromatic heterocycles. The van der Waals surface area contributed by atoms with E-state index in [-0.39, 0.29) is 0 Å². The van der Waals surface area contributed by atoms with Crippen molar-refractivity contribution >= 4 is 44.6 Å². The van der Waals surface area contributed by atoms with Crippen molar-refractivity contribution in [3.8, 4) is 0 Å². The van der Waals surface area contributed by atoms with Crippen LogP contribution in [0.3, 0.4) is 0 Å². The molecule has 0 aliphatic heterocycles. The van der Waals surface area contributed by atoms with Crippen LogP contribution >= 0.6 is 28.1 Å². The van der Waals surface area contributed by atoms with E-state index in [9.17, 15) is 0 Å². The molecule has 0 aliphatic rings. The highest BCUT2D eigenvalue weighted by Crippen LogP contribution is 2.26. The summed E-state index contributed by atoms with van der Waals surface area (Å²) in [7, 11) is 0. The van der Waals surface area contributed by atoms with E-state index in [1.807, 2.05) is 31.3 Å². The number of hydrogen-bond donors (Lipinski definition) is 1. The summed E-state index contributed by atoms with van der Waals surface area (Å²) in [4.78, 5) is 7.13. The fourth-order valence-corrected chi connectivity index (χ4v) is 2.19. The summed E-state index contributed by atoms with van der Waals surface area (Å²) >= 11 is 8.46. The second-order valence-electron chi connectivity index (χ2n) is 4.50. The minimum absolute atomic E-state index is 0.514. The lowest BCUT2D eigenvalue weighted by atomic mass is 10.2. The SMILES string of the molecule is Cc1cc(N(CCC(N)=S)c2ccccc2)ncc1Br. The number of thiocarbonyl (C=S) groups is 1. The van der Waals surface area contributed by atoms with Crippen molar-refractivity contribution in [2.24, 2.45) is 5.73 Å². The molecule has 0 saturated carbocycles. The average Bonchev–Trinajstić information content (AvgIpc) is 2.44. The highest BCUT2D eigenvalue weighted by Gasteiger charge is 2.11. The molecule has 104 valence electrons. The molecule has 2 N–H and O–H groups in total. The van der Waals surface area contributed by atoms with Gasteiger partial charge >= 0.3 is 0 Å². The maximum Gasteiger partial charge on any atom is 0.133 e. The van der Waals surface area contributed by atoms with Gasteiger partial charge in [-0.05, 0) is 46.6 Å². The summed E-state index contributed by atoms with van der Waals surface area (Å²) in [6.07, 6.45) is 2.47. The van der Waals surface area contributed by atoms with E-state index in [0.717, 1.165) is 21.5 Å². The summed E-state index contributed by atoms with van der Waals surface area (Å²) in [6.45, 7) is 2.76. The Morgan fingerprint density at radius 2 is 2.05 bits per heavy atom. The largest absolute Gasteiger partial charge is 0.393 e. The van der Waals surface area contributed by atoms with Crippen molar-refractivity contribution in [1.29, 1.82) is 0 Å². The Bertz CT molecular complexity index is 601. The predicted octanol–water partition coefficient (Wildman–Crippen LogP) is 3.97. The molecule has 0 spiro atoms. The van der Waals surface area contributed by atoms with E-state index in [2.05, 4.69) is 44.0 Å². The van der Waals surface area contributed by atoms with Gasteiger partial charge in [-0.3, -0.25) is 0 Å².